The monoisotopic (exact) mass is 373 g/mol. The van der Waals surface area contributed by atoms with Gasteiger partial charge in [-0.05, 0) is 42.7 Å². The van der Waals surface area contributed by atoms with E-state index in [-0.39, 0.29) is 0 Å². The van der Waals surface area contributed by atoms with E-state index >= 15 is 0 Å². The first-order valence-electron chi connectivity index (χ1n) is 10.2. The van der Waals surface area contributed by atoms with E-state index < -0.39 is 11.0 Å². The SMILES string of the molecule is CCCCCc1cc2ccccc2c(C2(C=O)CC(O)(c3ccccc3)C2)n1. The van der Waals surface area contributed by atoms with Crippen LogP contribution in [0, 0.1) is 0 Å². The summed E-state index contributed by atoms with van der Waals surface area (Å²) in [6, 6.07) is 19.9. The van der Waals surface area contributed by atoms with E-state index in [4.69, 9.17) is 4.98 Å². The molecule has 2 aromatic carbocycles. The van der Waals surface area contributed by atoms with Crippen molar-refractivity contribution in [2.75, 3.05) is 0 Å². The zero-order chi connectivity index (χ0) is 19.6. The van der Waals surface area contributed by atoms with Crippen LogP contribution in [0.1, 0.15) is 56.0 Å². The van der Waals surface area contributed by atoms with Gasteiger partial charge in [-0.3, -0.25) is 4.98 Å². The number of aliphatic hydroxyl groups is 1. The molecule has 1 N–H and O–H groups in total. The molecule has 0 unspecified atom stereocenters. The Labute approximate surface area is 166 Å². The van der Waals surface area contributed by atoms with Crippen LogP contribution < -0.4 is 0 Å². The number of hydrogen-bond donors (Lipinski definition) is 1. The number of aromatic nitrogens is 1. The molecule has 3 heteroatoms. The molecule has 0 bridgehead atoms. The van der Waals surface area contributed by atoms with Gasteiger partial charge in [-0.15, -0.1) is 0 Å². The molecule has 3 nitrogen and oxygen atoms in total. The molecule has 1 aliphatic rings. The summed E-state index contributed by atoms with van der Waals surface area (Å²) in [5.41, 5.74) is 1.04. The third kappa shape index (κ3) is 3.24. The Morgan fingerprint density at radius 3 is 2.46 bits per heavy atom. The van der Waals surface area contributed by atoms with Crippen LogP contribution in [0.3, 0.4) is 0 Å². The average Bonchev–Trinajstić information content (AvgIpc) is 2.71. The fourth-order valence-corrected chi connectivity index (χ4v) is 4.57. The Hall–Kier alpha value is -2.52. The van der Waals surface area contributed by atoms with Crippen LogP contribution in [0.2, 0.25) is 0 Å². The highest BCUT2D eigenvalue weighted by Crippen LogP contribution is 2.55. The van der Waals surface area contributed by atoms with Gasteiger partial charge in [0.1, 0.15) is 6.29 Å². The first-order chi connectivity index (χ1) is 13.6. The highest BCUT2D eigenvalue weighted by molar-refractivity contribution is 5.89. The Morgan fingerprint density at radius 1 is 1.04 bits per heavy atom. The summed E-state index contributed by atoms with van der Waals surface area (Å²) in [7, 11) is 0. The van der Waals surface area contributed by atoms with Crippen LogP contribution in [0.25, 0.3) is 10.8 Å². The van der Waals surface area contributed by atoms with Crippen LogP contribution >= 0.6 is 0 Å². The van der Waals surface area contributed by atoms with E-state index in [1.165, 1.54) is 12.8 Å². The number of aldehydes is 1. The summed E-state index contributed by atoms with van der Waals surface area (Å²) in [6.07, 6.45) is 6.13. The van der Waals surface area contributed by atoms with Crippen molar-refractivity contribution in [1.82, 2.24) is 4.98 Å². The fraction of sp³-hybridized carbons (Fsp3) is 0.360. The second kappa shape index (κ2) is 7.48. The Balaban J connectivity index is 1.73. The second-order valence-electron chi connectivity index (χ2n) is 8.17. The lowest BCUT2D eigenvalue weighted by Crippen LogP contribution is -2.54. The van der Waals surface area contributed by atoms with Gasteiger partial charge in [0.2, 0.25) is 0 Å². The number of pyridine rings is 1. The molecule has 0 radical (unpaired) electrons. The molecule has 0 aliphatic heterocycles. The minimum Gasteiger partial charge on any atom is -0.385 e. The Morgan fingerprint density at radius 2 is 1.75 bits per heavy atom. The van der Waals surface area contributed by atoms with Crippen LogP contribution in [-0.2, 0) is 22.2 Å². The predicted octanol–water partition coefficient (Wildman–Crippen LogP) is 5.09. The molecule has 0 amide bonds. The number of benzene rings is 2. The standard InChI is InChI=1S/C25H27NO2/c1-2-3-5-13-21-15-19-10-8-9-14-22(19)23(26-21)24(18-27)16-25(28,17-24)20-11-6-4-7-12-20/h4,6-12,14-15,18,28H,2-3,5,13,16-17H2,1H3. The van der Waals surface area contributed by atoms with Crippen molar-refractivity contribution < 1.29 is 9.90 Å². The molecule has 1 heterocycles. The lowest BCUT2D eigenvalue weighted by Gasteiger charge is -2.50. The van der Waals surface area contributed by atoms with Crippen molar-refractivity contribution in [3.8, 4) is 0 Å². The van der Waals surface area contributed by atoms with Crippen LogP contribution in [-0.4, -0.2) is 16.4 Å². The molecule has 0 atom stereocenters. The normalized spacial score (nSPS) is 24.1. The van der Waals surface area contributed by atoms with Crippen molar-refractivity contribution in [1.29, 1.82) is 0 Å². The van der Waals surface area contributed by atoms with Gasteiger partial charge in [0.05, 0.1) is 16.7 Å². The number of hydrogen-bond acceptors (Lipinski definition) is 3. The molecular formula is C25H27NO2. The first kappa shape index (κ1) is 18.8. The van der Waals surface area contributed by atoms with Gasteiger partial charge < -0.3 is 9.90 Å². The number of aryl methyl sites for hydroxylation is 1. The molecular weight excluding hydrogens is 346 g/mol. The van der Waals surface area contributed by atoms with E-state index in [0.29, 0.717) is 12.8 Å². The average molecular weight is 373 g/mol. The number of fused-ring (bicyclic) bond motifs is 1. The molecule has 144 valence electrons. The summed E-state index contributed by atoms with van der Waals surface area (Å²) in [6.45, 7) is 2.19. The number of carbonyl (C=O) groups is 1. The van der Waals surface area contributed by atoms with Crippen LogP contribution in [0.5, 0.6) is 0 Å². The fourth-order valence-electron chi connectivity index (χ4n) is 4.57. The summed E-state index contributed by atoms with van der Waals surface area (Å²) in [5.74, 6) is 0. The topological polar surface area (TPSA) is 50.2 Å². The van der Waals surface area contributed by atoms with E-state index in [0.717, 1.165) is 46.9 Å². The van der Waals surface area contributed by atoms with Gasteiger partial charge in [0.15, 0.2) is 0 Å². The third-order valence-corrected chi connectivity index (χ3v) is 6.05. The molecule has 0 spiro atoms. The lowest BCUT2D eigenvalue weighted by atomic mass is 9.55. The highest BCUT2D eigenvalue weighted by atomic mass is 16.3. The zero-order valence-corrected chi connectivity index (χ0v) is 16.4. The van der Waals surface area contributed by atoms with Gasteiger partial charge in [-0.25, -0.2) is 0 Å². The molecule has 28 heavy (non-hydrogen) atoms. The van der Waals surface area contributed by atoms with Gasteiger partial charge in [0, 0.05) is 11.1 Å². The van der Waals surface area contributed by atoms with E-state index in [1.807, 2.05) is 48.5 Å². The summed E-state index contributed by atoms with van der Waals surface area (Å²) < 4.78 is 0. The van der Waals surface area contributed by atoms with E-state index in [9.17, 15) is 9.90 Å². The molecule has 1 aliphatic carbocycles. The first-order valence-corrected chi connectivity index (χ1v) is 10.2. The quantitative estimate of drug-likeness (QED) is 0.464. The van der Waals surface area contributed by atoms with Gasteiger partial charge in [-0.2, -0.15) is 0 Å². The lowest BCUT2D eigenvalue weighted by molar-refractivity contribution is -0.136. The van der Waals surface area contributed by atoms with Crippen LogP contribution in [0.15, 0.2) is 60.7 Å². The highest BCUT2D eigenvalue weighted by Gasteiger charge is 2.57. The molecule has 1 aromatic heterocycles. The molecule has 3 aromatic rings. The number of carbonyl (C=O) groups excluding carboxylic acids is 1. The zero-order valence-electron chi connectivity index (χ0n) is 16.4. The molecule has 4 rings (SSSR count). The largest absolute Gasteiger partial charge is 0.385 e. The third-order valence-electron chi connectivity index (χ3n) is 6.05. The Kier molecular flexibility index (Phi) is 5.03. The number of rotatable bonds is 7. The summed E-state index contributed by atoms with van der Waals surface area (Å²) >= 11 is 0. The smallest absolute Gasteiger partial charge is 0.132 e. The molecule has 1 fully saturated rings. The van der Waals surface area contributed by atoms with Crippen molar-refractivity contribution in [3.05, 3.63) is 77.6 Å². The van der Waals surface area contributed by atoms with Gasteiger partial charge in [-0.1, -0.05) is 74.4 Å². The van der Waals surface area contributed by atoms with E-state index in [1.54, 1.807) is 0 Å². The van der Waals surface area contributed by atoms with Crippen molar-refractivity contribution in [2.45, 2.75) is 56.5 Å². The van der Waals surface area contributed by atoms with Gasteiger partial charge >= 0.3 is 0 Å². The van der Waals surface area contributed by atoms with Gasteiger partial charge in [0.25, 0.3) is 0 Å². The van der Waals surface area contributed by atoms with Crippen molar-refractivity contribution in [3.63, 3.8) is 0 Å². The predicted molar refractivity (Wildman–Crippen MR) is 112 cm³/mol. The minimum atomic E-state index is -0.969. The Bertz CT molecular complexity index is 974. The maximum atomic E-state index is 12.3. The summed E-state index contributed by atoms with van der Waals surface area (Å²) in [4.78, 5) is 17.2. The minimum absolute atomic E-state index is 0.378. The van der Waals surface area contributed by atoms with Crippen LogP contribution in [0.4, 0.5) is 0 Å². The maximum Gasteiger partial charge on any atom is 0.132 e. The molecule has 1 saturated carbocycles. The van der Waals surface area contributed by atoms with Crippen molar-refractivity contribution >= 4 is 17.1 Å². The van der Waals surface area contributed by atoms with E-state index in [2.05, 4.69) is 19.1 Å². The van der Waals surface area contributed by atoms with Crippen molar-refractivity contribution in [2.24, 2.45) is 0 Å². The summed E-state index contributed by atoms with van der Waals surface area (Å²) in [5, 5.41) is 13.3. The number of nitrogens with zero attached hydrogens (tertiary/aromatic N) is 1. The second-order valence-corrected chi connectivity index (χ2v) is 8.17. The maximum absolute atomic E-state index is 12.3. The molecule has 0 saturated heterocycles. The number of unbranched alkanes of at least 4 members (excludes halogenated alkanes) is 2.